The van der Waals surface area contributed by atoms with Crippen LogP contribution in [0.3, 0.4) is 0 Å². The first-order valence-electron chi connectivity index (χ1n) is 11.7. The third kappa shape index (κ3) is 5.55. The van der Waals surface area contributed by atoms with Gasteiger partial charge in [-0.25, -0.2) is 8.42 Å². The molecule has 180 valence electrons. The van der Waals surface area contributed by atoms with Gasteiger partial charge in [0.05, 0.1) is 30.9 Å². The molecule has 1 atom stereocenters. The van der Waals surface area contributed by atoms with Gasteiger partial charge >= 0.3 is 0 Å². The molecule has 2 fully saturated rings. The van der Waals surface area contributed by atoms with E-state index < -0.39 is 10.0 Å². The molecule has 32 heavy (non-hydrogen) atoms. The van der Waals surface area contributed by atoms with Crippen molar-refractivity contribution in [1.29, 1.82) is 0 Å². The number of amides is 1. The number of rotatable bonds is 9. The SMILES string of the molecule is CCCC[C@H](CC)C(=O)N1CCN(c2cc(S(=O)(=O)N3CCOCC3)ccc2OC)CC1. The number of hydrogen-bond donors (Lipinski definition) is 0. The Balaban J connectivity index is 1.73. The molecule has 2 aliphatic heterocycles. The molecule has 0 unspecified atom stereocenters. The molecule has 2 heterocycles. The number of morpholine rings is 1. The summed E-state index contributed by atoms with van der Waals surface area (Å²) in [6, 6.07) is 5.03. The zero-order valence-electron chi connectivity index (χ0n) is 19.6. The van der Waals surface area contributed by atoms with Crippen molar-refractivity contribution in [3.8, 4) is 5.75 Å². The number of benzene rings is 1. The van der Waals surface area contributed by atoms with Crippen molar-refractivity contribution in [2.45, 2.75) is 44.4 Å². The number of methoxy groups -OCH3 is 1. The van der Waals surface area contributed by atoms with E-state index in [2.05, 4.69) is 18.7 Å². The van der Waals surface area contributed by atoms with Crippen molar-refractivity contribution in [2.75, 3.05) is 64.5 Å². The largest absolute Gasteiger partial charge is 0.495 e. The van der Waals surface area contributed by atoms with E-state index in [-0.39, 0.29) is 16.7 Å². The summed E-state index contributed by atoms with van der Waals surface area (Å²) in [5.41, 5.74) is 0.756. The van der Waals surface area contributed by atoms with Gasteiger partial charge in [-0.15, -0.1) is 0 Å². The Bertz CT molecular complexity index is 862. The van der Waals surface area contributed by atoms with E-state index in [9.17, 15) is 13.2 Å². The maximum absolute atomic E-state index is 13.1. The van der Waals surface area contributed by atoms with E-state index in [0.29, 0.717) is 58.2 Å². The Morgan fingerprint density at radius 2 is 1.78 bits per heavy atom. The minimum absolute atomic E-state index is 0.0954. The van der Waals surface area contributed by atoms with Crippen molar-refractivity contribution >= 4 is 21.6 Å². The maximum Gasteiger partial charge on any atom is 0.243 e. The Labute approximate surface area is 192 Å². The van der Waals surface area contributed by atoms with Gasteiger partial charge in [0.15, 0.2) is 0 Å². The van der Waals surface area contributed by atoms with Gasteiger partial charge in [-0.3, -0.25) is 4.79 Å². The monoisotopic (exact) mass is 467 g/mol. The summed E-state index contributed by atoms with van der Waals surface area (Å²) in [7, 11) is -2.00. The quantitative estimate of drug-likeness (QED) is 0.555. The lowest BCUT2D eigenvalue weighted by atomic mass is 9.97. The van der Waals surface area contributed by atoms with E-state index in [0.717, 1.165) is 31.4 Å². The predicted octanol–water partition coefficient (Wildman–Crippen LogP) is 2.58. The number of ether oxygens (including phenoxy) is 2. The van der Waals surface area contributed by atoms with E-state index in [4.69, 9.17) is 9.47 Å². The van der Waals surface area contributed by atoms with Crippen LogP contribution in [0.25, 0.3) is 0 Å². The predicted molar refractivity (Wildman–Crippen MR) is 125 cm³/mol. The Kier molecular flexibility index (Phi) is 8.79. The molecule has 0 spiro atoms. The highest BCUT2D eigenvalue weighted by Gasteiger charge is 2.30. The molecule has 8 nitrogen and oxygen atoms in total. The fourth-order valence-electron chi connectivity index (χ4n) is 4.39. The first-order valence-corrected chi connectivity index (χ1v) is 13.2. The van der Waals surface area contributed by atoms with Crippen molar-refractivity contribution in [3.05, 3.63) is 18.2 Å². The Hall–Kier alpha value is -1.84. The fourth-order valence-corrected chi connectivity index (χ4v) is 5.82. The van der Waals surface area contributed by atoms with Crippen LogP contribution in [0, 0.1) is 5.92 Å². The number of hydrogen-bond acceptors (Lipinski definition) is 6. The molecule has 2 aliphatic rings. The zero-order valence-corrected chi connectivity index (χ0v) is 20.4. The van der Waals surface area contributed by atoms with E-state index in [1.165, 1.54) is 4.31 Å². The summed E-state index contributed by atoms with van der Waals surface area (Å²) in [6.45, 7) is 8.33. The van der Waals surface area contributed by atoms with Gasteiger partial charge < -0.3 is 19.3 Å². The normalized spacial score (nSPS) is 19.1. The third-order valence-electron chi connectivity index (χ3n) is 6.44. The van der Waals surface area contributed by atoms with Crippen LogP contribution < -0.4 is 9.64 Å². The molecule has 0 aromatic heterocycles. The topological polar surface area (TPSA) is 79.4 Å². The van der Waals surface area contributed by atoms with Crippen LogP contribution in [-0.4, -0.2) is 83.1 Å². The third-order valence-corrected chi connectivity index (χ3v) is 8.33. The van der Waals surface area contributed by atoms with E-state index in [1.807, 2.05) is 4.90 Å². The lowest BCUT2D eigenvalue weighted by molar-refractivity contribution is -0.136. The molecule has 0 aliphatic carbocycles. The molecule has 1 aromatic carbocycles. The van der Waals surface area contributed by atoms with E-state index in [1.54, 1.807) is 25.3 Å². The molecule has 1 aromatic rings. The molecular formula is C23H37N3O5S. The first-order chi connectivity index (χ1) is 15.4. The lowest BCUT2D eigenvalue weighted by Gasteiger charge is -2.38. The number of unbranched alkanes of at least 4 members (excludes halogenated alkanes) is 1. The van der Waals surface area contributed by atoms with Gasteiger partial charge in [0.1, 0.15) is 5.75 Å². The van der Waals surface area contributed by atoms with Crippen LogP contribution in [0.15, 0.2) is 23.1 Å². The van der Waals surface area contributed by atoms with Crippen molar-refractivity contribution < 1.29 is 22.7 Å². The minimum Gasteiger partial charge on any atom is -0.495 e. The number of anilines is 1. The van der Waals surface area contributed by atoms with Crippen molar-refractivity contribution in [1.82, 2.24) is 9.21 Å². The second-order valence-electron chi connectivity index (χ2n) is 8.41. The van der Waals surface area contributed by atoms with Gasteiger partial charge in [0.2, 0.25) is 15.9 Å². The van der Waals surface area contributed by atoms with Gasteiger partial charge in [-0.05, 0) is 31.0 Å². The lowest BCUT2D eigenvalue weighted by Crippen LogP contribution is -2.50. The minimum atomic E-state index is -3.59. The molecular weight excluding hydrogens is 430 g/mol. The number of carbonyl (C=O) groups is 1. The van der Waals surface area contributed by atoms with Crippen LogP contribution in [-0.2, 0) is 19.6 Å². The number of piperazine rings is 1. The molecule has 0 bridgehead atoms. The molecule has 2 saturated heterocycles. The van der Waals surface area contributed by atoms with Crippen LogP contribution in [0.5, 0.6) is 5.75 Å². The van der Waals surface area contributed by atoms with Crippen molar-refractivity contribution in [3.63, 3.8) is 0 Å². The second kappa shape index (κ2) is 11.3. The van der Waals surface area contributed by atoms with Crippen LogP contribution in [0.1, 0.15) is 39.5 Å². The van der Waals surface area contributed by atoms with Gasteiger partial charge in [0.25, 0.3) is 0 Å². The van der Waals surface area contributed by atoms with Gasteiger partial charge in [-0.2, -0.15) is 4.31 Å². The highest BCUT2D eigenvalue weighted by Crippen LogP contribution is 2.33. The number of sulfonamides is 1. The summed E-state index contributed by atoms with van der Waals surface area (Å²) in [5, 5.41) is 0. The first kappa shape index (κ1) is 24.8. The van der Waals surface area contributed by atoms with Crippen LogP contribution in [0.2, 0.25) is 0 Å². The smallest absolute Gasteiger partial charge is 0.243 e. The Morgan fingerprint density at radius 1 is 1.09 bits per heavy atom. The van der Waals surface area contributed by atoms with Crippen LogP contribution in [0.4, 0.5) is 5.69 Å². The molecule has 0 radical (unpaired) electrons. The molecule has 9 heteroatoms. The van der Waals surface area contributed by atoms with Crippen molar-refractivity contribution in [2.24, 2.45) is 5.92 Å². The number of carbonyl (C=O) groups excluding carboxylic acids is 1. The standard InChI is InChI=1S/C23H37N3O5S/c1-4-6-7-19(5-2)23(27)25-12-10-24(11-13-25)21-18-20(8-9-22(21)30-3)32(28,29)26-14-16-31-17-15-26/h8-9,18-19H,4-7,10-17H2,1-3H3/t19-/m0/s1. The summed E-state index contributed by atoms with van der Waals surface area (Å²) < 4.78 is 38.5. The molecule has 1 amide bonds. The average Bonchev–Trinajstić information content (AvgIpc) is 2.84. The fraction of sp³-hybridized carbons (Fsp3) is 0.696. The summed E-state index contributed by atoms with van der Waals surface area (Å²) in [4.78, 5) is 17.3. The molecule has 3 rings (SSSR count). The molecule has 0 N–H and O–H groups in total. The highest BCUT2D eigenvalue weighted by molar-refractivity contribution is 7.89. The summed E-state index contributed by atoms with van der Waals surface area (Å²) >= 11 is 0. The Morgan fingerprint density at radius 3 is 2.38 bits per heavy atom. The van der Waals surface area contributed by atoms with Crippen LogP contribution >= 0.6 is 0 Å². The summed E-state index contributed by atoms with van der Waals surface area (Å²) in [5.74, 6) is 0.981. The maximum atomic E-state index is 13.1. The average molecular weight is 468 g/mol. The van der Waals surface area contributed by atoms with Gasteiger partial charge in [0, 0.05) is 45.2 Å². The van der Waals surface area contributed by atoms with E-state index >= 15 is 0 Å². The van der Waals surface area contributed by atoms with Gasteiger partial charge in [-0.1, -0.05) is 26.7 Å². The zero-order chi connectivity index (χ0) is 23.1. The highest BCUT2D eigenvalue weighted by atomic mass is 32.2. The molecule has 0 saturated carbocycles. The number of nitrogens with zero attached hydrogens (tertiary/aromatic N) is 3. The summed E-state index contributed by atoms with van der Waals surface area (Å²) in [6.07, 6.45) is 3.99. The second-order valence-corrected chi connectivity index (χ2v) is 10.3.